The van der Waals surface area contributed by atoms with Crippen LogP contribution in [0.2, 0.25) is 0 Å². The van der Waals surface area contributed by atoms with Crippen molar-refractivity contribution in [1.29, 1.82) is 0 Å². The standard InChI is InChI=1S/C39H58N2O6/c1-10-20-41(24-30(44)40-23-31(45)47-11-2)33(46)36(6)17-16-35(5)18-19-38(8)25(26(35)22-36)21-27(42)32-37(7)14-13-29(43)34(3,4)28(37)12-15-39(32,38)9/h1,21,26,28-29,32,43H,11-20,22-24H2,2-9H3,(H,40,44)/t26-,28-,29-,32+,35+,36-,37-,38+,39+/m0/s1. The van der Waals surface area contributed by atoms with Gasteiger partial charge in [-0.05, 0) is 110 Å². The molecule has 0 aromatic rings. The Labute approximate surface area is 282 Å². The molecule has 2 N–H and O–H groups in total. The summed E-state index contributed by atoms with van der Waals surface area (Å²) in [5.41, 5.74) is -0.382. The molecule has 47 heavy (non-hydrogen) atoms. The number of rotatable bonds is 7. The quantitative estimate of drug-likeness (QED) is 0.279. The van der Waals surface area contributed by atoms with E-state index in [1.165, 1.54) is 10.5 Å². The lowest BCUT2D eigenvalue weighted by atomic mass is 9.33. The molecule has 9 atom stereocenters. The first-order chi connectivity index (χ1) is 21.8. The number of esters is 1. The molecule has 0 aliphatic heterocycles. The second-order valence-electron chi connectivity index (χ2n) is 17.6. The van der Waals surface area contributed by atoms with Crippen LogP contribution in [0.15, 0.2) is 11.6 Å². The summed E-state index contributed by atoms with van der Waals surface area (Å²) in [5.74, 6) is 1.87. The molecule has 0 aromatic heterocycles. The number of fused-ring (bicyclic) bond motifs is 7. The van der Waals surface area contributed by atoms with Gasteiger partial charge in [-0.2, -0.15) is 0 Å². The molecule has 0 aromatic carbocycles. The van der Waals surface area contributed by atoms with Crippen molar-refractivity contribution in [2.45, 2.75) is 119 Å². The van der Waals surface area contributed by atoms with E-state index in [-0.39, 0.29) is 88.9 Å². The Balaban J connectivity index is 1.44. The first-order valence-corrected chi connectivity index (χ1v) is 17.9. The van der Waals surface area contributed by atoms with Gasteiger partial charge in [0.2, 0.25) is 11.8 Å². The van der Waals surface area contributed by atoms with Crippen LogP contribution < -0.4 is 5.32 Å². The zero-order valence-corrected chi connectivity index (χ0v) is 30.1. The van der Waals surface area contributed by atoms with Crippen molar-refractivity contribution in [2.24, 2.45) is 50.2 Å². The molecule has 4 saturated carbocycles. The number of ether oxygens (including phenoxy) is 1. The lowest BCUT2D eigenvalue weighted by molar-refractivity contribution is -0.202. The summed E-state index contributed by atoms with van der Waals surface area (Å²) in [6, 6.07) is 0. The smallest absolute Gasteiger partial charge is 0.325 e. The monoisotopic (exact) mass is 650 g/mol. The van der Waals surface area contributed by atoms with Gasteiger partial charge in [0.25, 0.3) is 0 Å². The number of nitrogens with zero attached hydrogens (tertiary/aromatic N) is 1. The molecule has 5 aliphatic rings. The fourth-order valence-corrected chi connectivity index (χ4v) is 11.7. The summed E-state index contributed by atoms with van der Waals surface area (Å²) < 4.78 is 4.90. The third-order valence-electron chi connectivity index (χ3n) is 14.7. The van der Waals surface area contributed by atoms with Gasteiger partial charge in [-0.15, -0.1) is 6.42 Å². The molecule has 0 spiro atoms. The van der Waals surface area contributed by atoms with Crippen LogP contribution in [-0.4, -0.2) is 65.9 Å². The number of terminal acetylenes is 1. The lowest BCUT2D eigenvalue weighted by Gasteiger charge is -2.70. The van der Waals surface area contributed by atoms with E-state index in [1.54, 1.807) is 6.92 Å². The molecule has 2 amide bonds. The summed E-state index contributed by atoms with van der Waals surface area (Å²) in [7, 11) is 0. The van der Waals surface area contributed by atoms with Crippen LogP contribution >= 0.6 is 0 Å². The van der Waals surface area contributed by atoms with Crippen LogP contribution in [0.4, 0.5) is 0 Å². The molecule has 8 heteroatoms. The number of allylic oxidation sites excluding steroid dienone is 2. The van der Waals surface area contributed by atoms with Crippen LogP contribution in [0.1, 0.15) is 113 Å². The van der Waals surface area contributed by atoms with Gasteiger partial charge in [0, 0.05) is 11.3 Å². The zero-order valence-electron chi connectivity index (χ0n) is 30.1. The number of carbonyl (C=O) groups is 4. The second kappa shape index (κ2) is 12.0. The summed E-state index contributed by atoms with van der Waals surface area (Å²) >= 11 is 0. The van der Waals surface area contributed by atoms with E-state index in [2.05, 4.69) is 52.8 Å². The van der Waals surface area contributed by atoms with Gasteiger partial charge >= 0.3 is 5.97 Å². The molecular weight excluding hydrogens is 592 g/mol. The third-order valence-corrected chi connectivity index (χ3v) is 14.7. The summed E-state index contributed by atoms with van der Waals surface area (Å²) in [6.07, 6.45) is 15.1. The zero-order chi connectivity index (χ0) is 34.8. The van der Waals surface area contributed by atoms with Gasteiger partial charge in [0.1, 0.15) is 13.1 Å². The number of carbonyl (C=O) groups excluding carboxylic acids is 4. The van der Waals surface area contributed by atoms with Crippen molar-refractivity contribution in [2.75, 3.05) is 26.2 Å². The van der Waals surface area contributed by atoms with E-state index < -0.39 is 17.3 Å². The molecular formula is C39H58N2O6. The second-order valence-corrected chi connectivity index (χ2v) is 17.6. The maximum absolute atomic E-state index is 14.6. The number of aliphatic hydroxyl groups is 1. The fraction of sp³-hybridized carbons (Fsp3) is 0.795. The van der Waals surface area contributed by atoms with Crippen molar-refractivity contribution in [3.63, 3.8) is 0 Å². The van der Waals surface area contributed by atoms with E-state index in [4.69, 9.17) is 11.2 Å². The third kappa shape index (κ3) is 5.47. The average Bonchev–Trinajstić information content (AvgIpc) is 2.99. The largest absolute Gasteiger partial charge is 0.465 e. The molecule has 5 rings (SSSR count). The highest BCUT2D eigenvalue weighted by Gasteiger charge is 2.70. The molecule has 5 aliphatic carbocycles. The highest BCUT2D eigenvalue weighted by Crippen LogP contribution is 2.75. The Morgan fingerprint density at radius 2 is 1.70 bits per heavy atom. The van der Waals surface area contributed by atoms with Gasteiger partial charge in [-0.25, -0.2) is 0 Å². The molecule has 0 saturated heterocycles. The molecule has 0 radical (unpaired) electrons. The molecule has 0 heterocycles. The SMILES string of the molecule is C#CCN(CC(=O)NCC(=O)OCC)C(=O)[C@@]1(C)CC[C@]2(C)CC[C@]3(C)C(=CC(=O)[C@@H]4[C@@]5(C)CC[C@H](O)C(C)(C)[C@@H]5CC[C@]43C)[C@@H]2C1. The Morgan fingerprint density at radius 3 is 2.36 bits per heavy atom. The van der Waals surface area contributed by atoms with Crippen molar-refractivity contribution < 1.29 is 29.0 Å². The van der Waals surface area contributed by atoms with Gasteiger partial charge in [0.05, 0.1) is 19.3 Å². The van der Waals surface area contributed by atoms with Crippen LogP contribution in [0.3, 0.4) is 0 Å². The minimum atomic E-state index is -0.754. The first kappa shape index (κ1) is 35.6. The number of aliphatic hydroxyl groups excluding tert-OH is 1. The van der Waals surface area contributed by atoms with Crippen molar-refractivity contribution >= 4 is 23.6 Å². The highest BCUT2D eigenvalue weighted by atomic mass is 16.5. The fourth-order valence-electron chi connectivity index (χ4n) is 11.7. The predicted octanol–water partition coefficient (Wildman–Crippen LogP) is 5.47. The van der Waals surface area contributed by atoms with E-state index in [0.29, 0.717) is 12.8 Å². The molecule has 260 valence electrons. The summed E-state index contributed by atoms with van der Waals surface area (Å²) in [6.45, 7) is 17.2. The lowest BCUT2D eigenvalue weighted by Crippen LogP contribution is -2.66. The normalized spacial score (nSPS) is 41.9. The maximum atomic E-state index is 14.6. The Bertz CT molecular complexity index is 1400. The van der Waals surface area contributed by atoms with E-state index in [0.717, 1.165) is 44.9 Å². The molecule has 8 nitrogen and oxygen atoms in total. The summed E-state index contributed by atoms with van der Waals surface area (Å²) in [4.78, 5) is 54.9. The van der Waals surface area contributed by atoms with Crippen molar-refractivity contribution in [3.05, 3.63) is 11.6 Å². The Morgan fingerprint density at radius 1 is 1.02 bits per heavy atom. The molecule has 0 bridgehead atoms. The molecule has 4 fully saturated rings. The van der Waals surface area contributed by atoms with Crippen LogP contribution in [0.25, 0.3) is 0 Å². The first-order valence-electron chi connectivity index (χ1n) is 17.9. The predicted molar refractivity (Wildman–Crippen MR) is 180 cm³/mol. The maximum Gasteiger partial charge on any atom is 0.325 e. The Hall–Kier alpha value is -2.66. The Kier molecular flexibility index (Phi) is 9.13. The van der Waals surface area contributed by atoms with Gasteiger partial charge in [-0.1, -0.05) is 60.0 Å². The van der Waals surface area contributed by atoms with Gasteiger partial charge in [-0.3, -0.25) is 19.2 Å². The minimum Gasteiger partial charge on any atom is -0.465 e. The van der Waals surface area contributed by atoms with Crippen LogP contribution in [-0.2, 0) is 23.9 Å². The molecule has 0 unspecified atom stereocenters. The highest BCUT2D eigenvalue weighted by molar-refractivity contribution is 5.96. The van der Waals surface area contributed by atoms with Crippen molar-refractivity contribution in [1.82, 2.24) is 10.2 Å². The topological polar surface area (TPSA) is 113 Å². The van der Waals surface area contributed by atoms with E-state index in [1.807, 2.05) is 13.0 Å². The van der Waals surface area contributed by atoms with E-state index >= 15 is 0 Å². The van der Waals surface area contributed by atoms with Crippen molar-refractivity contribution in [3.8, 4) is 12.3 Å². The number of hydrogen-bond donors (Lipinski definition) is 2. The van der Waals surface area contributed by atoms with Crippen LogP contribution in [0, 0.1) is 62.6 Å². The average molecular weight is 651 g/mol. The number of ketones is 1. The van der Waals surface area contributed by atoms with Gasteiger partial charge in [0.15, 0.2) is 5.78 Å². The minimum absolute atomic E-state index is 0.00731. The number of nitrogens with one attached hydrogen (secondary N) is 1. The van der Waals surface area contributed by atoms with Crippen LogP contribution in [0.5, 0.6) is 0 Å². The van der Waals surface area contributed by atoms with Gasteiger partial charge < -0.3 is 20.1 Å². The number of amides is 2. The number of hydrogen-bond acceptors (Lipinski definition) is 6. The van der Waals surface area contributed by atoms with E-state index in [9.17, 15) is 24.3 Å². The summed E-state index contributed by atoms with van der Waals surface area (Å²) in [5, 5.41) is 13.6.